The van der Waals surface area contributed by atoms with Crippen molar-refractivity contribution in [3.05, 3.63) is 163 Å². The van der Waals surface area contributed by atoms with Gasteiger partial charge in [0.2, 0.25) is 0 Å². The summed E-state index contributed by atoms with van der Waals surface area (Å²) in [5.74, 6) is 0. The van der Waals surface area contributed by atoms with Crippen LogP contribution in [0.25, 0.3) is 16.7 Å². The first-order chi connectivity index (χ1) is 18.4. The van der Waals surface area contributed by atoms with Crippen LogP contribution in [0.15, 0.2) is 122 Å². The molecule has 1 aliphatic rings. The second-order valence-electron chi connectivity index (χ2n) is 8.19. The zero-order valence-electron chi connectivity index (χ0n) is 21.0. The fourth-order valence-corrected chi connectivity index (χ4v) is 3.59. The number of nitrogens with zero attached hydrogens (tertiary/aromatic N) is 2. The summed E-state index contributed by atoms with van der Waals surface area (Å²) in [5.41, 5.74) is 6.53. The fourth-order valence-electron chi connectivity index (χ4n) is 3.59. The van der Waals surface area contributed by atoms with Crippen LogP contribution in [0.1, 0.15) is 29.8 Å². The summed E-state index contributed by atoms with van der Waals surface area (Å²) in [6, 6.07) is 45.1. The summed E-state index contributed by atoms with van der Waals surface area (Å²) in [6.07, 6.45) is 9.45. The van der Waals surface area contributed by atoms with Crippen molar-refractivity contribution < 1.29 is 25.8 Å². The van der Waals surface area contributed by atoms with E-state index >= 15 is 0 Å². The molecule has 0 saturated heterocycles. The number of hydrogen-bond acceptors (Lipinski definition) is 3. The minimum atomic E-state index is 0. The van der Waals surface area contributed by atoms with E-state index in [0.29, 0.717) is 0 Å². The van der Waals surface area contributed by atoms with Crippen LogP contribution < -0.4 is 0 Å². The summed E-state index contributed by atoms with van der Waals surface area (Å²) >= 11 is 0. The van der Waals surface area contributed by atoms with Gasteiger partial charge in [-0.1, -0.05) is 30.5 Å². The maximum Gasteiger partial charge on any atom is 4.00 e. The summed E-state index contributed by atoms with van der Waals surface area (Å²) < 4.78 is 5.11. The Morgan fingerprint density at radius 3 is 1.79 bits per heavy atom. The van der Waals surface area contributed by atoms with Crippen molar-refractivity contribution in [3.8, 4) is 11.1 Å². The van der Waals surface area contributed by atoms with Crippen LogP contribution in [0.5, 0.6) is 0 Å². The van der Waals surface area contributed by atoms with Gasteiger partial charge >= 0.3 is 21.1 Å². The minimum Gasteiger partial charge on any atom is -0.593 e. The quantitative estimate of drug-likeness (QED) is 0.186. The van der Waals surface area contributed by atoms with Gasteiger partial charge in [-0.05, 0) is 31.0 Å². The van der Waals surface area contributed by atoms with Gasteiger partial charge in [0.15, 0.2) is 0 Å². The molecule has 0 radical (unpaired) electrons. The van der Waals surface area contributed by atoms with Crippen molar-refractivity contribution in [2.45, 2.75) is 19.3 Å². The molecule has 3 nitrogen and oxygen atoms in total. The molecule has 0 spiro atoms. The molecule has 0 N–H and O–H groups in total. The predicted octanol–water partition coefficient (Wildman–Crippen LogP) is 7.46. The largest absolute Gasteiger partial charge is 4.00 e. The topological polar surface area (TPSA) is 35.0 Å². The molecule has 2 aromatic heterocycles. The molecule has 0 fully saturated rings. The van der Waals surface area contributed by atoms with Crippen molar-refractivity contribution in [2.24, 2.45) is 0 Å². The molecule has 4 heteroatoms. The van der Waals surface area contributed by atoms with Crippen LogP contribution in [0, 0.1) is 24.5 Å². The number of aromatic nitrogens is 2. The third kappa shape index (κ3) is 9.92. The molecular formula is C34H28N2OPt. The third-order valence-electron chi connectivity index (χ3n) is 5.42. The van der Waals surface area contributed by atoms with Crippen molar-refractivity contribution in [2.75, 3.05) is 6.61 Å². The number of hydrogen-bond donors (Lipinski definition) is 0. The number of ether oxygens (including phenoxy) is 1. The van der Waals surface area contributed by atoms with E-state index in [9.17, 15) is 0 Å². The van der Waals surface area contributed by atoms with Crippen molar-refractivity contribution in [1.29, 1.82) is 0 Å². The van der Waals surface area contributed by atoms with Gasteiger partial charge in [-0.15, -0.1) is 18.2 Å². The maximum absolute atomic E-state index is 5.11. The number of benzene rings is 3. The number of rotatable bonds is 4. The average Bonchev–Trinajstić information content (AvgIpc) is 3.01. The van der Waals surface area contributed by atoms with Crippen LogP contribution in [0.3, 0.4) is 0 Å². The summed E-state index contributed by atoms with van der Waals surface area (Å²) in [6.45, 7) is 0.788. The standard InChI is InChI=1S/C12H10N.C12H8.C10H10NO.Pt/c1-2-6-11(7-3-1)10-12-8-4-5-9-13-12;1-3-7-11(8-4-1)12-9-5-2-6-10-12;1-2-6-11-10(5-1)9-4-3-7-12-8-9;/h1-6,8-9H,10H2;1-7,9H;1-2,5-6H,3-4,7H2;/q-1;-2;-1;+4. The van der Waals surface area contributed by atoms with Gasteiger partial charge < -0.3 is 9.72 Å². The number of pyridine rings is 2. The van der Waals surface area contributed by atoms with E-state index in [1.807, 2.05) is 109 Å². The molecule has 0 bridgehead atoms. The molecule has 1 aliphatic heterocycles. The second kappa shape index (κ2) is 16.8. The van der Waals surface area contributed by atoms with E-state index in [2.05, 4.69) is 40.5 Å². The van der Waals surface area contributed by atoms with Gasteiger partial charge in [0.1, 0.15) is 0 Å². The Balaban J connectivity index is 0.000000156. The smallest absolute Gasteiger partial charge is 0.593 e. The summed E-state index contributed by atoms with van der Waals surface area (Å²) in [7, 11) is 0. The summed E-state index contributed by atoms with van der Waals surface area (Å²) in [4.78, 5) is 8.48. The Morgan fingerprint density at radius 1 is 0.658 bits per heavy atom. The Hall–Kier alpha value is -3.81. The van der Waals surface area contributed by atoms with Gasteiger partial charge in [-0.3, -0.25) is 4.98 Å². The Bertz CT molecular complexity index is 1240. The molecule has 0 atom stereocenters. The van der Waals surface area contributed by atoms with Crippen LogP contribution in [0.2, 0.25) is 0 Å². The Morgan fingerprint density at radius 2 is 1.29 bits per heavy atom. The van der Waals surface area contributed by atoms with E-state index in [4.69, 9.17) is 4.74 Å². The molecule has 3 heterocycles. The Kier molecular flexibility index (Phi) is 12.7. The van der Waals surface area contributed by atoms with Gasteiger partial charge in [-0.2, -0.15) is 90.0 Å². The third-order valence-corrected chi connectivity index (χ3v) is 5.42. The SMILES string of the molecule is [C-]1=C(c2ccccn2)CCCO1.[Pt+4].[c-]1ccccc1-c1[c-]cccc1.[c-]1ccccc1Cc1ccccn1. The van der Waals surface area contributed by atoms with E-state index in [1.165, 1.54) is 5.56 Å². The Labute approximate surface area is 240 Å². The first kappa shape index (κ1) is 28.8. The van der Waals surface area contributed by atoms with E-state index < -0.39 is 0 Å². The maximum atomic E-state index is 5.11. The molecule has 3 aromatic carbocycles. The van der Waals surface area contributed by atoms with Crippen LogP contribution in [-0.4, -0.2) is 16.6 Å². The predicted molar refractivity (Wildman–Crippen MR) is 148 cm³/mol. The molecule has 5 aromatic rings. The van der Waals surface area contributed by atoms with Crippen molar-refractivity contribution in [1.82, 2.24) is 9.97 Å². The molecular weight excluding hydrogens is 647 g/mol. The second-order valence-corrected chi connectivity index (χ2v) is 8.19. The molecule has 190 valence electrons. The van der Waals surface area contributed by atoms with Crippen LogP contribution >= 0.6 is 0 Å². The molecule has 0 unspecified atom stereocenters. The fraction of sp³-hybridized carbons (Fsp3) is 0.118. The molecule has 38 heavy (non-hydrogen) atoms. The van der Waals surface area contributed by atoms with E-state index in [-0.39, 0.29) is 21.1 Å². The molecule has 6 rings (SSSR count). The van der Waals surface area contributed by atoms with E-state index in [1.54, 1.807) is 6.20 Å². The number of allylic oxidation sites excluding steroid dienone is 1. The van der Waals surface area contributed by atoms with Crippen LogP contribution in [0.4, 0.5) is 0 Å². The monoisotopic (exact) mass is 675 g/mol. The zero-order chi connectivity index (χ0) is 25.4. The summed E-state index contributed by atoms with van der Waals surface area (Å²) in [5, 5.41) is 0. The van der Waals surface area contributed by atoms with Gasteiger partial charge in [0, 0.05) is 18.1 Å². The average molecular weight is 676 g/mol. The molecule has 0 amide bonds. The first-order valence-electron chi connectivity index (χ1n) is 12.3. The van der Waals surface area contributed by atoms with E-state index in [0.717, 1.165) is 54.0 Å². The van der Waals surface area contributed by atoms with Crippen molar-refractivity contribution in [3.63, 3.8) is 0 Å². The van der Waals surface area contributed by atoms with Crippen LogP contribution in [-0.2, 0) is 32.2 Å². The first-order valence-corrected chi connectivity index (χ1v) is 12.3. The normalized spacial score (nSPS) is 11.6. The zero-order valence-corrected chi connectivity index (χ0v) is 23.3. The van der Waals surface area contributed by atoms with Gasteiger partial charge in [-0.25, -0.2) is 11.1 Å². The molecule has 0 aliphatic carbocycles. The minimum absolute atomic E-state index is 0. The molecule has 0 saturated carbocycles. The van der Waals surface area contributed by atoms with Gasteiger partial charge in [0.25, 0.3) is 0 Å². The van der Waals surface area contributed by atoms with Crippen molar-refractivity contribution >= 4 is 5.57 Å². The van der Waals surface area contributed by atoms with Gasteiger partial charge in [0.05, 0.1) is 6.61 Å².